The Bertz CT molecular complexity index is 363. The molecular weight excluding hydrogens is 228 g/mol. The van der Waals surface area contributed by atoms with Crippen LogP contribution in [0.15, 0.2) is 18.2 Å². The molecule has 96 valence electrons. The lowest BCUT2D eigenvalue weighted by atomic mass is 9.97. The Balaban J connectivity index is 2.65. The minimum absolute atomic E-state index is 0.115. The predicted molar refractivity (Wildman–Crippen MR) is 60.7 cm³/mol. The highest BCUT2D eigenvalue weighted by Crippen LogP contribution is 2.19. The molecule has 0 aliphatic heterocycles. The second-order valence-electron chi connectivity index (χ2n) is 4.55. The van der Waals surface area contributed by atoms with Crippen LogP contribution in [-0.4, -0.2) is 23.4 Å². The summed E-state index contributed by atoms with van der Waals surface area (Å²) in [5.74, 6) is -1.27. The molecule has 0 aromatic heterocycles. The van der Waals surface area contributed by atoms with Gasteiger partial charge in [-0.3, -0.25) is 0 Å². The first-order valence-corrected chi connectivity index (χ1v) is 5.35. The molecule has 0 amide bonds. The predicted octanol–water partition coefficient (Wildman–Crippen LogP) is 1.83. The fraction of sp³-hybridized carbons (Fsp3) is 0.500. The fourth-order valence-corrected chi connectivity index (χ4v) is 1.59. The van der Waals surface area contributed by atoms with Gasteiger partial charge >= 0.3 is 0 Å². The molecule has 5 heteroatoms. The lowest BCUT2D eigenvalue weighted by Gasteiger charge is -2.26. The summed E-state index contributed by atoms with van der Waals surface area (Å²) in [5, 5.41) is 9.00. The Morgan fingerprint density at radius 3 is 2.35 bits per heavy atom. The van der Waals surface area contributed by atoms with Gasteiger partial charge < -0.3 is 15.6 Å². The largest absolute Gasteiger partial charge is 0.490 e. The van der Waals surface area contributed by atoms with Crippen molar-refractivity contribution < 1.29 is 18.6 Å². The van der Waals surface area contributed by atoms with Gasteiger partial charge in [0.2, 0.25) is 0 Å². The highest BCUT2D eigenvalue weighted by atomic mass is 19.1. The van der Waals surface area contributed by atoms with Crippen LogP contribution in [0.1, 0.15) is 20.3 Å². The third-order valence-corrected chi connectivity index (χ3v) is 2.29. The van der Waals surface area contributed by atoms with E-state index in [9.17, 15) is 8.78 Å². The Hall–Kier alpha value is -1.20. The van der Waals surface area contributed by atoms with Crippen molar-refractivity contribution in [3.63, 3.8) is 0 Å². The molecule has 1 aromatic carbocycles. The van der Waals surface area contributed by atoms with E-state index in [1.165, 1.54) is 0 Å². The maximum Gasteiger partial charge on any atom is 0.129 e. The van der Waals surface area contributed by atoms with Crippen molar-refractivity contribution in [2.45, 2.75) is 31.9 Å². The van der Waals surface area contributed by atoms with Crippen LogP contribution >= 0.6 is 0 Å². The number of ether oxygens (including phenoxy) is 1. The molecule has 2 unspecified atom stereocenters. The van der Waals surface area contributed by atoms with E-state index in [-0.39, 0.29) is 18.5 Å². The zero-order chi connectivity index (χ0) is 13.1. The van der Waals surface area contributed by atoms with Crippen LogP contribution < -0.4 is 10.5 Å². The van der Waals surface area contributed by atoms with Gasteiger partial charge in [-0.15, -0.1) is 0 Å². The van der Waals surface area contributed by atoms with Crippen molar-refractivity contribution in [1.82, 2.24) is 0 Å². The van der Waals surface area contributed by atoms with E-state index in [1.807, 2.05) is 0 Å². The Labute approximate surface area is 99.2 Å². The molecule has 0 aliphatic carbocycles. The molecule has 2 atom stereocenters. The average molecular weight is 245 g/mol. The van der Waals surface area contributed by atoms with Crippen LogP contribution in [0.2, 0.25) is 0 Å². The smallest absolute Gasteiger partial charge is 0.129 e. The Kier molecular flexibility index (Phi) is 4.42. The van der Waals surface area contributed by atoms with Gasteiger partial charge in [-0.25, -0.2) is 8.78 Å². The minimum Gasteiger partial charge on any atom is -0.490 e. The Morgan fingerprint density at radius 1 is 1.35 bits per heavy atom. The number of aliphatic hydroxyl groups excluding tert-OH is 1. The standard InChI is InChI=1S/C12H17F2NO2/c1-8(6-12(2,15)7-16)17-11-4-9(13)3-10(14)5-11/h3-5,8,16H,6-7,15H2,1-2H3. The van der Waals surface area contributed by atoms with Crippen molar-refractivity contribution in [3.05, 3.63) is 29.8 Å². The van der Waals surface area contributed by atoms with E-state index in [0.29, 0.717) is 6.42 Å². The van der Waals surface area contributed by atoms with Crippen LogP contribution in [0.4, 0.5) is 8.78 Å². The van der Waals surface area contributed by atoms with Crippen LogP contribution in [0, 0.1) is 11.6 Å². The normalized spacial score (nSPS) is 16.4. The number of aliphatic hydroxyl groups is 1. The second kappa shape index (κ2) is 5.42. The van der Waals surface area contributed by atoms with Crippen molar-refractivity contribution >= 4 is 0 Å². The number of hydrogen-bond donors (Lipinski definition) is 2. The molecule has 0 bridgehead atoms. The minimum atomic E-state index is -0.773. The van der Waals surface area contributed by atoms with E-state index in [0.717, 1.165) is 18.2 Å². The van der Waals surface area contributed by atoms with Gasteiger partial charge in [0.05, 0.1) is 12.7 Å². The highest BCUT2D eigenvalue weighted by molar-refractivity contribution is 5.24. The summed E-state index contributed by atoms with van der Waals surface area (Å²) in [5.41, 5.74) is 4.98. The van der Waals surface area contributed by atoms with Crippen molar-refractivity contribution in [3.8, 4) is 5.75 Å². The molecule has 1 rings (SSSR count). The first-order chi connectivity index (χ1) is 7.82. The molecule has 0 heterocycles. The van der Waals surface area contributed by atoms with Gasteiger partial charge in [0.1, 0.15) is 17.4 Å². The molecule has 17 heavy (non-hydrogen) atoms. The number of rotatable bonds is 5. The van der Waals surface area contributed by atoms with Crippen LogP contribution in [0.3, 0.4) is 0 Å². The van der Waals surface area contributed by atoms with Gasteiger partial charge in [-0.05, 0) is 13.8 Å². The molecule has 0 spiro atoms. The summed E-state index contributed by atoms with van der Waals surface area (Å²) >= 11 is 0. The summed E-state index contributed by atoms with van der Waals surface area (Å²) < 4.78 is 31.1. The van der Waals surface area contributed by atoms with Crippen LogP contribution in [-0.2, 0) is 0 Å². The topological polar surface area (TPSA) is 55.5 Å². The second-order valence-corrected chi connectivity index (χ2v) is 4.55. The zero-order valence-corrected chi connectivity index (χ0v) is 9.91. The monoisotopic (exact) mass is 245 g/mol. The van der Waals surface area contributed by atoms with Gasteiger partial charge in [0.25, 0.3) is 0 Å². The van der Waals surface area contributed by atoms with E-state index >= 15 is 0 Å². The summed E-state index contributed by atoms with van der Waals surface area (Å²) in [6.45, 7) is 3.22. The van der Waals surface area contributed by atoms with E-state index in [4.69, 9.17) is 15.6 Å². The SMILES string of the molecule is CC(CC(C)(N)CO)Oc1cc(F)cc(F)c1. The number of hydrogen-bond acceptors (Lipinski definition) is 3. The molecule has 0 saturated carbocycles. The first-order valence-electron chi connectivity index (χ1n) is 5.35. The molecule has 0 fully saturated rings. The van der Waals surface area contributed by atoms with E-state index < -0.39 is 17.2 Å². The molecule has 3 N–H and O–H groups in total. The highest BCUT2D eigenvalue weighted by Gasteiger charge is 2.21. The Morgan fingerprint density at radius 2 is 1.88 bits per heavy atom. The quantitative estimate of drug-likeness (QED) is 0.832. The zero-order valence-electron chi connectivity index (χ0n) is 9.91. The number of halogens is 2. The van der Waals surface area contributed by atoms with E-state index in [1.54, 1.807) is 13.8 Å². The number of benzene rings is 1. The van der Waals surface area contributed by atoms with Crippen molar-refractivity contribution in [2.24, 2.45) is 5.73 Å². The number of nitrogens with two attached hydrogens (primary N) is 1. The summed E-state index contributed by atoms with van der Waals surface area (Å²) in [6.07, 6.45) is 0.0279. The lowest BCUT2D eigenvalue weighted by molar-refractivity contribution is 0.133. The summed E-state index contributed by atoms with van der Waals surface area (Å²) in [6, 6.07) is 2.98. The maximum atomic E-state index is 12.9. The molecule has 0 saturated heterocycles. The fourth-order valence-electron chi connectivity index (χ4n) is 1.59. The lowest BCUT2D eigenvalue weighted by Crippen LogP contribution is -2.43. The summed E-state index contributed by atoms with van der Waals surface area (Å²) in [7, 11) is 0. The maximum absolute atomic E-state index is 12.9. The molecule has 3 nitrogen and oxygen atoms in total. The third-order valence-electron chi connectivity index (χ3n) is 2.29. The van der Waals surface area contributed by atoms with Gasteiger partial charge in [-0.2, -0.15) is 0 Å². The molecule has 0 aliphatic rings. The van der Waals surface area contributed by atoms with Crippen molar-refractivity contribution in [1.29, 1.82) is 0 Å². The van der Waals surface area contributed by atoms with Gasteiger partial charge in [0, 0.05) is 30.2 Å². The average Bonchev–Trinajstić information content (AvgIpc) is 2.14. The molecular formula is C12H17F2NO2. The van der Waals surface area contributed by atoms with E-state index in [2.05, 4.69) is 0 Å². The molecule has 0 radical (unpaired) electrons. The third kappa shape index (κ3) is 4.66. The van der Waals surface area contributed by atoms with Crippen molar-refractivity contribution in [2.75, 3.05) is 6.61 Å². The van der Waals surface area contributed by atoms with Crippen LogP contribution in [0.5, 0.6) is 5.75 Å². The first kappa shape index (κ1) is 13.9. The van der Waals surface area contributed by atoms with Gasteiger partial charge in [-0.1, -0.05) is 0 Å². The van der Waals surface area contributed by atoms with Gasteiger partial charge in [0.15, 0.2) is 0 Å². The molecule has 1 aromatic rings. The summed E-state index contributed by atoms with van der Waals surface area (Å²) in [4.78, 5) is 0. The van der Waals surface area contributed by atoms with Crippen LogP contribution in [0.25, 0.3) is 0 Å².